The molecule has 2 aromatic carbocycles. The van der Waals surface area contributed by atoms with E-state index in [2.05, 4.69) is 0 Å². The summed E-state index contributed by atoms with van der Waals surface area (Å²) in [6.45, 7) is 7.53. The summed E-state index contributed by atoms with van der Waals surface area (Å²) in [5.74, 6) is -0.506. The highest BCUT2D eigenvalue weighted by Crippen LogP contribution is 2.35. The second kappa shape index (κ2) is 6.84. The van der Waals surface area contributed by atoms with Gasteiger partial charge in [-0.15, -0.1) is 0 Å². The van der Waals surface area contributed by atoms with Crippen molar-refractivity contribution >= 4 is 5.78 Å². The van der Waals surface area contributed by atoms with E-state index in [-0.39, 0.29) is 17.4 Å². The third kappa shape index (κ3) is 4.50. The molecule has 24 heavy (non-hydrogen) atoms. The number of halogens is 2. The van der Waals surface area contributed by atoms with Gasteiger partial charge in [0.05, 0.1) is 0 Å². The number of carbonyl (C=O) groups excluding carboxylic acids is 1. The molecule has 0 aliphatic heterocycles. The Bertz CT molecular complexity index is 671. The fourth-order valence-electron chi connectivity index (χ4n) is 3.39. The van der Waals surface area contributed by atoms with Crippen molar-refractivity contribution in [2.75, 3.05) is 0 Å². The molecule has 0 N–H and O–H groups in total. The molecular weight excluding hydrogens is 306 g/mol. The van der Waals surface area contributed by atoms with Crippen LogP contribution in [0, 0.1) is 22.5 Å². The topological polar surface area (TPSA) is 17.1 Å². The maximum atomic E-state index is 13.4. The number of carbonyl (C=O) groups is 1. The van der Waals surface area contributed by atoms with E-state index in [0.29, 0.717) is 12.8 Å². The molecule has 2 aromatic rings. The Morgan fingerprint density at radius 2 is 1.17 bits per heavy atom. The van der Waals surface area contributed by atoms with Gasteiger partial charge in [-0.1, -0.05) is 52.0 Å². The maximum Gasteiger partial charge on any atom is 0.144 e. The van der Waals surface area contributed by atoms with Crippen LogP contribution in [0.15, 0.2) is 48.5 Å². The van der Waals surface area contributed by atoms with Crippen molar-refractivity contribution in [1.29, 1.82) is 0 Å². The van der Waals surface area contributed by atoms with E-state index in [1.807, 2.05) is 39.8 Å². The molecule has 0 radical (unpaired) electrons. The Labute approximate surface area is 142 Å². The number of benzene rings is 2. The maximum absolute atomic E-state index is 13.4. The third-order valence-electron chi connectivity index (χ3n) is 4.30. The van der Waals surface area contributed by atoms with Gasteiger partial charge >= 0.3 is 0 Å². The van der Waals surface area contributed by atoms with Gasteiger partial charge in [-0.2, -0.15) is 0 Å². The van der Waals surface area contributed by atoms with Gasteiger partial charge in [0.25, 0.3) is 0 Å². The van der Waals surface area contributed by atoms with Crippen LogP contribution in [-0.4, -0.2) is 5.78 Å². The van der Waals surface area contributed by atoms with Gasteiger partial charge < -0.3 is 0 Å². The zero-order valence-corrected chi connectivity index (χ0v) is 14.7. The Balaban J connectivity index is 2.17. The summed E-state index contributed by atoms with van der Waals surface area (Å²) in [4.78, 5) is 13.1. The van der Waals surface area contributed by atoms with E-state index in [1.165, 1.54) is 24.3 Å². The zero-order valence-electron chi connectivity index (χ0n) is 14.7. The van der Waals surface area contributed by atoms with E-state index in [0.717, 1.165) is 11.1 Å². The average Bonchev–Trinajstić information content (AvgIpc) is 2.45. The lowest BCUT2D eigenvalue weighted by Crippen LogP contribution is -2.39. The Morgan fingerprint density at radius 3 is 1.50 bits per heavy atom. The lowest BCUT2D eigenvalue weighted by Gasteiger charge is -2.33. The molecule has 0 atom stereocenters. The molecule has 0 saturated heterocycles. The molecule has 128 valence electrons. The van der Waals surface area contributed by atoms with Crippen LogP contribution in [0.1, 0.15) is 38.8 Å². The van der Waals surface area contributed by atoms with E-state index < -0.39 is 10.8 Å². The summed E-state index contributed by atoms with van der Waals surface area (Å²) in [6.07, 6.45) is 0.937. The van der Waals surface area contributed by atoms with Crippen LogP contribution in [0.25, 0.3) is 0 Å². The number of hydrogen-bond donors (Lipinski definition) is 0. The molecule has 3 heteroatoms. The highest BCUT2D eigenvalue weighted by Gasteiger charge is 2.39. The predicted octanol–water partition coefficient (Wildman–Crippen LogP) is 5.37. The van der Waals surface area contributed by atoms with Crippen molar-refractivity contribution in [2.45, 2.75) is 40.5 Å². The molecule has 0 amide bonds. The fourth-order valence-corrected chi connectivity index (χ4v) is 3.39. The molecule has 0 spiro atoms. The van der Waals surface area contributed by atoms with Crippen molar-refractivity contribution < 1.29 is 13.6 Å². The minimum Gasteiger partial charge on any atom is -0.298 e. The van der Waals surface area contributed by atoms with Gasteiger partial charge in [0.15, 0.2) is 0 Å². The smallest absolute Gasteiger partial charge is 0.144 e. The van der Waals surface area contributed by atoms with Gasteiger partial charge in [0, 0.05) is 10.8 Å². The molecule has 0 fully saturated rings. The molecule has 0 unspecified atom stereocenters. The van der Waals surface area contributed by atoms with Crippen molar-refractivity contribution in [2.24, 2.45) is 10.8 Å². The summed E-state index contributed by atoms with van der Waals surface area (Å²) in [5.41, 5.74) is 0.333. The lowest BCUT2D eigenvalue weighted by molar-refractivity contribution is -0.135. The zero-order chi connectivity index (χ0) is 18.0. The Hall–Kier alpha value is -2.03. The van der Waals surface area contributed by atoms with Gasteiger partial charge in [-0.25, -0.2) is 8.78 Å². The summed E-state index contributed by atoms with van der Waals surface area (Å²) in [7, 11) is 0. The highest BCUT2D eigenvalue weighted by molar-refractivity contribution is 5.89. The van der Waals surface area contributed by atoms with Crippen LogP contribution in [0.2, 0.25) is 0 Å². The molecule has 0 aliphatic rings. The number of ketones is 1. The van der Waals surface area contributed by atoms with Crippen LogP contribution >= 0.6 is 0 Å². The number of Topliss-reactive ketones (excluding diaryl/α,β-unsaturated/α-hetero) is 1. The first-order chi connectivity index (χ1) is 11.1. The minimum absolute atomic E-state index is 0.0866. The largest absolute Gasteiger partial charge is 0.298 e. The monoisotopic (exact) mass is 330 g/mol. The highest BCUT2D eigenvalue weighted by atomic mass is 19.1. The van der Waals surface area contributed by atoms with Crippen LogP contribution < -0.4 is 0 Å². The molecule has 0 bridgehead atoms. The van der Waals surface area contributed by atoms with Crippen LogP contribution in [0.5, 0.6) is 0 Å². The molecule has 0 aromatic heterocycles. The molecule has 0 aliphatic carbocycles. The molecular formula is C21H24F2O. The fraction of sp³-hybridized carbons (Fsp3) is 0.381. The van der Waals surface area contributed by atoms with Gasteiger partial charge in [0.1, 0.15) is 17.4 Å². The quantitative estimate of drug-likeness (QED) is 0.696. The second-order valence-electron chi connectivity index (χ2n) is 7.71. The lowest BCUT2D eigenvalue weighted by atomic mass is 9.68. The summed E-state index contributed by atoms with van der Waals surface area (Å²) >= 11 is 0. The predicted molar refractivity (Wildman–Crippen MR) is 92.8 cm³/mol. The average molecular weight is 330 g/mol. The first-order valence-electron chi connectivity index (χ1n) is 8.14. The summed E-state index contributed by atoms with van der Waals surface area (Å²) in [5, 5.41) is 0. The second-order valence-corrected chi connectivity index (χ2v) is 7.71. The van der Waals surface area contributed by atoms with Crippen molar-refractivity contribution in [3.63, 3.8) is 0 Å². The normalized spacial score (nSPS) is 12.2. The molecule has 2 rings (SSSR count). The van der Waals surface area contributed by atoms with Crippen molar-refractivity contribution in [3.8, 4) is 0 Å². The summed E-state index contributed by atoms with van der Waals surface area (Å²) < 4.78 is 26.8. The van der Waals surface area contributed by atoms with Crippen molar-refractivity contribution in [3.05, 3.63) is 71.3 Å². The number of rotatable bonds is 6. The molecule has 0 saturated carbocycles. The van der Waals surface area contributed by atoms with Gasteiger partial charge in [-0.05, 0) is 48.2 Å². The minimum atomic E-state index is -0.634. The summed E-state index contributed by atoms with van der Waals surface area (Å²) in [6, 6.07) is 12.7. The van der Waals surface area contributed by atoms with Crippen LogP contribution in [0.4, 0.5) is 8.78 Å². The van der Waals surface area contributed by atoms with Crippen LogP contribution in [0.3, 0.4) is 0 Å². The first kappa shape index (κ1) is 18.3. The van der Waals surface area contributed by atoms with Crippen molar-refractivity contribution in [1.82, 2.24) is 0 Å². The third-order valence-corrected chi connectivity index (χ3v) is 4.30. The van der Waals surface area contributed by atoms with E-state index in [4.69, 9.17) is 0 Å². The number of hydrogen-bond acceptors (Lipinski definition) is 1. The van der Waals surface area contributed by atoms with E-state index in [9.17, 15) is 13.6 Å². The Morgan fingerprint density at radius 1 is 0.792 bits per heavy atom. The van der Waals surface area contributed by atoms with E-state index in [1.54, 1.807) is 12.1 Å². The van der Waals surface area contributed by atoms with E-state index >= 15 is 0 Å². The SMILES string of the molecule is CC(C)(Cc1cccc(F)c1)C(=O)C(C)(C)Cc1cccc(F)c1. The Kier molecular flexibility index (Phi) is 5.22. The standard InChI is InChI=1S/C21H24F2O/c1-20(2,13-15-7-5-9-17(22)11-15)19(24)21(3,4)14-16-8-6-10-18(23)12-16/h5-12H,13-14H2,1-4H3. The molecule has 1 nitrogen and oxygen atoms in total. The van der Waals surface area contributed by atoms with Crippen LogP contribution in [-0.2, 0) is 17.6 Å². The van der Waals surface area contributed by atoms with Gasteiger partial charge in [-0.3, -0.25) is 4.79 Å². The molecule has 0 heterocycles. The van der Waals surface area contributed by atoms with Gasteiger partial charge in [0.2, 0.25) is 0 Å². The first-order valence-corrected chi connectivity index (χ1v) is 8.14.